The van der Waals surface area contributed by atoms with E-state index in [1.54, 1.807) is 48.5 Å². The molecule has 3 aromatic carbocycles. The van der Waals surface area contributed by atoms with Crippen molar-refractivity contribution in [2.75, 3.05) is 5.32 Å². The van der Waals surface area contributed by atoms with Gasteiger partial charge < -0.3 is 5.32 Å². The number of hydrogen-bond acceptors (Lipinski definition) is 5. The van der Waals surface area contributed by atoms with Crippen LogP contribution in [0.1, 0.15) is 10.4 Å². The number of hydrogen-bond donors (Lipinski definition) is 1. The Morgan fingerprint density at radius 3 is 2.50 bits per heavy atom. The number of nitro benzene ring substituents is 1. The Hall–Kier alpha value is -2.17. The molecule has 0 spiro atoms. The molecular weight excluding hydrogens is 518 g/mol. The average Bonchev–Trinajstić information content (AvgIpc) is 2.67. The van der Waals surface area contributed by atoms with Crippen LogP contribution in [0.5, 0.6) is 0 Å². The van der Waals surface area contributed by atoms with Gasteiger partial charge in [-0.1, -0.05) is 41.6 Å². The van der Waals surface area contributed by atoms with Crippen LogP contribution in [0, 0.1) is 19.5 Å². The number of anilines is 2. The van der Waals surface area contributed by atoms with Crippen molar-refractivity contribution in [2.24, 2.45) is 0 Å². The fourth-order valence-electron chi connectivity index (χ4n) is 2.42. The summed E-state index contributed by atoms with van der Waals surface area (Å²) < 4.78 is 16.2. The Kier molecular flexibility index (Phi) is 6.53. The first-order valence-corrected chi connectivity index (χ1v) is 10.1. The molecule has 0 saturated heterocycles. The van der Waals surface area contributed by atoms with Crippen molar-refractivity contribution in [3.63, 3.8) is 0 Å². The second kappa shape index (κ2) is 8.89. The number of carbonyl (C=O) groups excluding carboxylic acids is 1. The normalized spacial score (nSPS) is 10.5. The second-order valence-electron chi connectivity index (χ2n) is 5.54. The summed E-state index contributed by atoms with van der Waals surface area (Å²) in [6.45, 7) is 0. The lowest BCUT2D eigenvalue weighted by Crippen LogP contribution is -2.04. The van der Waals surface area contributed by atoms with Crippen molar-refractivity contribution in [3.8, 4) is 0 Å². The monoisotopic (exact) mass is 528 g/mol. The fourth-order valence-corrected chi connectivity index (χ4v) is 4.28. The smallest absolute Gasteiger partial charge is 0.287 e. The summed E-state index contributed by atoms with van der Waals surface area (Å²) in [5, 5.41) is 14.6. The lowest BCUT2D eigenvalue weighted by Gasteiger charge is -2.14. The van der Waals surface area contributed by atoms with Crippen LogP contribution in [0.2, 0.25) is 5.02 Å². The zero-order valence-electron chi connectivity index (χ0n) is 14.0. The number of nitrogens with zero attached hydrogens (tertiary/aromatic N) is 1. The maximum Gasteiger partial charge on any atom is 0.287 e. The largest absolute Gasteiger partial charge is 0.351 e. The number of halogens is 3. The lowest BCUT2D eigenvalue weighted by molar-refractivity contribution is -0.388. The molecule has 5 nitrogen and oxygen atoms in total. The van der Waals surface area contributed by atoms with Crippen LogP contribution in [-0.4, -0.2) is 11.2 Å². The molecule has 0 aromatic heterocycles. The van der Waals surface area contributed by atoms with Crippen LogP contribution in [0.15, 0.2) is 64.4 Å². The highest BCUT2D eigenvalue weighted by molar-refractivity contribution is 14.1. The highest BCUT2D eigenvalue weighted by atomic mass is 127. The van der Waals surface area contributed by atoms with E-state index in [0.717, 1.165) is 21.4 Å². The van der Waals surface area contributed by atoms with E-state index >= 15 is 4.39 Å². The number of aldehydes is 1. The van der Waals surface area contributed by atoms with E-state index in [2.05, 4.69) is 27.9 Å². The third kappa shape index (κ3) is 4.45. The molecule has 0 radical (unpaired) electrons. The van der Waals surface area contributed by atoms with E-state index in [0.29, 0.717) is 21.9 Å². The molecule has 3 aromatic rings. The standard InChI is InChI=1S/C19H11ClFIN2O3S/c20-14-9-12(22)6-7-15(14)23-18-11(10-25)8-16(24(26)27)19(17(18)21)28-13-4-2-1-3-5-13/h1-10,23H. The highest BCUT2D eigenvalue weighted by Gasteiger charge is 2.26. The van der Waals surface area contributed by atoms with Gasteiger partial charge in [-0.25, -0.2) is 4.39 Å². The minimum Gasteiger partial charge on any atom is -0.351 e. The molecule has 0 bridgehead atoms. The molecule has 0 amide bonds. The van der Waals surface area contributed by atoms with E-state index in [1.165, 1.54) is 0 Å². The Morgan fingerprint density at radius 1 is 1.18 bits per heavy atom. The Balaban J connectivity index is 2.14. The molecule has 0 atom stereocenters. The van der Waals surface area contributed by atoms with Gasteiger partial charge in [0.05, 0.1) is 21.3 Å². The van der Waals surface area contributed by atoms with Crippen molar-refractivity contribution in [3.05, 3.63) is 84.7 Å². The average molecular weight is 529 g/mol. The molecule has 0 heterocycles. The van der Waals surface area contributed by atoms with Crippen LogP contribution >= 0.6 is 46.0 Å². The number of benzene rings is 3. The van der Waals surface area contributed by atoms with Gasteiger partial charge in [-0.3, -0.25) is 14.9 Å². The van der Waals surface area contributed by atoms with Crippen molar-refractivity contribution in [1.29, 1.82) is 0 Å². The van der Waals surface area contributed by atoms with Gasteiger partial charge in [-0.2, -0.15) is 0 Å². The number of rotatable bonds is 6. The number of carbonyl (C=O) groups is 1. The third-order valence-electron chi connectivity index (χ3n) is 3.71. The predicted octanol–water partition coefficient (Wildman–Crippen LogP) is 6.70. The lowest BCUT2D eigenvalue weighted by atomic mass is 10.1. The van der Waals surface area contributed by atoms with Crippen LogP contribution in [0.25, 0.3) is 0 Å². The molecule has 9 heteroatoms. The summed E-state index contributed by atoms with van der Waals surface area (Å²) in [6, 6.07) is 14.8. The minimum atomic E-state index is -0.889. The third-order valence-corrected chi connectivity index (χ3v) is 5.79. The molecule has 0 unspecified atom stereocenters. The van der Waals surface area contributed by atoms with Gasteiger partial charge in [-0.15, -0.1) is 0 Å². The van der Waals surface area contributed by atoms with Gasteiger partial charge >= 0.3 is 0 Å². The van der Waals surface area contributed by atoms with E-state index in [9.17, 15) is 14.9 Å². The molecule has 3 rings (SSSR count). The Labute approximate surface area is 182 Å². The molecule has 28 heavy (non-hydrogen) atoms. The van der Waals surface area contributed by atoms with Gasteiger partial charge in [0.15, 0.2) is 12.1 Å². The SMILES string of the molecule is O=Cc1cc([N+](=O)[O-])c(Sc2ccccc2)c(F)c1Nc1ccc(I)cc1Cl. The van der Waals surface area contributed by atoms with E-state index in [1.807, 2.05) is 0 Å². The molecule has 142 valence electrons. The molecule has 1 N–H and O–H groups in total. The van der Waals surface area contributed by atoms with Crippen molar-refractivity contribution >= 4 is 69.3 Å². The Morgan fingerprint density at radius 2 is 1.89 bits per heavy atom. The van der Waals surface area contributed by atoms with Crippen LogP contribution in [-0.2, 0) is 0 Å². The summed E-state index contributed by atoms with van der Waals surface area (Å²) in [5.74, 6) is -0.889. The van der Waals surface area contributed by atoms with Crippen molar-refractivity contribution < 1.29 is 14.1 Å². The van der Waals surface area contributed by atoms with Gasteiger partial charge in [0.2, 0.25) is 0 Å². The van der Waals surface area contributed by atoms with Crippen LogP contribution in [0.4, 0.5) is 21.5 Å². The quantitative estimate of drug-likeness (QED) is 0.167. The zero-order chi connectivity index (χ0) is 20.3. The van der Waals surface area contributed by atoms with Gasteiger partial charge in [0.1, 0.15) is 4.90 Å². The molecule has 0 aliphatic rings. The molecule has 0 aliphatic heterocycles. The Bertz CT molecular complexity index is 1070. The first-order chi connectivity index (χ1) is 13.4. The maximum atomic E-state index is 15.3. The summed E-state index contributed by atoms with van der Waals surface area (Å²) >= 11 is 9.18. The van der Waals surface area contributed by atoms with E-state index in [4.69, 9.17) is 11.6 Å². The van der Waals surface area contributed by atoms with Crippen molar-refractivity contribution in [1.82, 2.24) is 0 Å². The summed E-state index contributed by atoms with van der Waals surface area (Å²) in [7, 11) is 0. The van der Waals surface area contributed by atoms with Crippen molar-refractivity contribution in [2.45, 2.75) is 9.79 Å². The molecule has 0 aliphatic carbocycles. The van der Waals surface area contributed by atoms with Gasteiger partial charge in [-0.05, 0) is 52.9 Å². The van der Waals surface area contributed by atoms with E-state index < -0.39 is 16.4 Å². The molecule has 0 saturated carbocycles. The number of nitro groups is 1. The van der Waals surface area contributed by atoms with Crippen LogP contribution < -0.4 is 5.32 Å². The first-order valence-electron chi connectivity index (χ1n) is 7.81. The summed E-state index contributed by atoms with van der Waals surface area (Å²) in [4.78, 5) is 22.7. The number of nitrogens with one attached hydrogen (secondary N) is 1. The summed E-state index contributed by atoms with van der Waals surface area (Å²) in [6.07, 6.45) is 0.371. The molecule has 0 fully saturated rings. The molecular formula is C19H11ClFIN2O3S. The van der Waals surface area contributed by atoms with Gasteiger partial charge in [0.25, 0.3) is 5.69 Å². The minimum absolute atomic E-state index is 0.165. The highest BCUT2D eigenvalue weighted by Crippen LogP contribution is 2.42. The maximum absolute atomic E-state index is 15.3. The fraction of sp³-hybridized carbons (Fsp3) is 0. The predicted molar refractivity (Wildman–Crippen MR) is 116 cm³/mol. The topological polar surface area (TPSA) is 72.2 Å². The van der Waals surface area contributed by atoms with Crippen LogP contribution in [0.3, 0.4) is 0 Å². The van der Waals surface area contributed by atoms with Gasteiger partial charge in [0, 0.05) is 20.1 Å². The van der Waals surface area contributed by atoms with E-state index in [-0.39, 0.29) is 16.1 Å². The zero-order valence-corrected chi connectivity index (χ0v) is 17.7. The first kappa shape index (κ1) is 20.6. The second-order valence-corrected chi connectivity index (χ2v) is 8.28. The summed E-state index contributed by atoms with van der Waals surface area (Å²) in [5.41, 5.74) is -0.431.